The molecular formula is C27H33N3O4. The van der Waals surface area contributed by atoms with E-state index in [1.54, 1.807) is 42.5 Å². The summed E-state index contributed by atoms with van der Waals surface area (Å²) in [6.45, 7) is 4.68. The first-order chi connectivity index (χ1) is 16.3. The molecule has 0 fully saturated rings. The van der Waals surface area contributed by atoms with Gasteiger partial charge in [0.2, 0.25) is 5.91 Å². The number of methoxy groups -OCH3 is 1. The maximum atomic E-state index is 13.5. The predicted molar refractivity (Wildman–Crippen MR) is 134 cm³/mol. The molecule has 34 heavy (non-hydrogen) atoms. The van der Waals surface area contributed by atoms with E-state index in [0.717, 1.165) is 11.3 Å². The van der Waals surface area contributed by atoms with E-state index in [4.69, 9.17) is 9.15 Å². The Balaban J connectivity index is 1.92. The molecule has 2 amide bonds. The molecule has 0 radical (unpaired) electrons. The highest BCUT2D eigenvalue weighted by molar-refractivity contribution is 5.94. The lowest BCUT2D eigenvalue weighted by Gasteiger charge is -2.26. The van der Waals surface area contributed by atoms with E-state index in [1.165, 1.54) is 0 Å². The number of anilines is 2. The summed E-state index contributed by atoms with van der Waals surface area (Å²) in [5.41, 5.74) is 3.15. The number of hydrogen-bond acceptors (Lipinski definition) is 5. The fourth-order valence-corrected chi connectivity index (χ4v) is 3.72. The molecule has 180 valence electrons. The molecule has 1 aromatic heterocycles. The Morgan fingerprint density at radius 2 is 1.76 bits per heavy atom. The minimum Gasteiger partial charge on any atom is -0.497 e. The average molecular weight is 464 g/mol. The van der Waals surface area contributed by atoms with Gasteiger partial charge in [0, 0.05) is 44.0 Å². The third-order valence-corrected chi connectivity index (χ3v) is 5.35. The van der Waals surface area contributed by atoms with Gasteiger partial charge >= 0.3 is 0 Å². The molecule has 3 aromatic rings. The molecule has 1 N–H and O–H groups in total. The lowest BCUT2D eigenvalue weighted by molar-refractivity contribution is -0.116. The third-order valence-electron chi connectivity index (χ3n) is 5.35. The summed E-state index contributed by atoms with van der Waals surface area (Å²) < 4.78 is 10.8. The van der Waals surface area contributed by atoms with Crippen molar-refractivity contribution in [3.8, 4) is 5.75 Å². The van der Waals surface area contributed by atoms with Crippen LogP contribution in [0.2, 0.25) is 0 Å². The van der Waals surface area contributed by atoms with Crippen LogP contribution in [0.15, 0.2) is 65.3 Å². The van der Waals surface area contributed by atoms with Gasteiger partial charge in [0.1, 0.15) is 11.5 Å². The molecule has 0 saturated heterocycles. The second-order valence-corrected chi connectivity index (χ2v) is 8.85. The normalized spacial score (nSPS) is 10.8. The standard InChI is InChI=1S/C27H33N3O4/c1-19(2)15-26(31)28-22-10-13-25(29(3)4)21(16-22)17-30(18-24-7-6-14-34-24)27(32)20-8-11-23(33-5)12-9-20/h6-14,16,19H,15,17-18H2,1-5H3,(H,28,31). The zero-order valence-electron chi connectivity index (χ0n) is 20.5. The number of amides is 2. The largest absolute Gasteiger partial charge is 0.497 e. The fourth-order valence-electron chi connectivity index (χ4n) is 3.72. The Morgan fingerprint density at radius 1 is 1.03 bits per heavy atom. The number of carbonyl (C=O) groups is 2. The first-order valence-electron chi connectivity index (χ1n) is 11.3. The van der Waals surface area contributed by atoms with Crippen molar-refractivity contribution in [1.29, 1.82) is 0 Å². The number of nitrogens with zero attached hydrogens (tertiary/aromatic N) is 2. The lowest BCUT2D eigenvalue weighted by atomic mass is 10.1. The topological polar surface area (TPSA) is 75.0 Å². The van der Waals surface area contributed by atoms with Gasteiger partial charge < -0.3 is 24.3 Å². The van der Waals surface area contributed by atoms with E-state index in [0.29, 0.717) is 42.3 Å². The van der Waals surface area contributed by atoms with Gasteiger partial charge in [-0.2, -0.15) is 0 Å². The molecule has 3 rings (SSSR count). The molecule has 0 spiro atoms. The van der Waals surface area contributed by atoms with E-state index < -0.39 is 0 Å². The van der Waals surface area contributed by atoms with E-state index in [2.05, 4.69) is 5.32 Å². The maximum absolute atomic E-state index is 13.5. The van der Waals surface area contributed by atoms with E-state index in [1.807, 2.05) is 63.2 Å². The van der Waals surface area contributed by atoms with Crippen molar-refractivity contribution < 1.29 is 18.7 Å². The molecule has 0 aliphatic heterocycles. The molecule has 0 saturated carbocycles. The van der Waals surface area contributed by atoms with Crippen LogP contribution in [0.1, 0.15) is 41.9 Å². The molecule has 2 aromatic carbocycles. The van der Waals surface area contributed by atoms with Crippen LogP contribution in [0.4, 0.5) is 11.4 Å². The zero-order valence-corrected chi connectivity index (χ0v) is 20.5. The molecule has 0 aliphatic rings. The van der Waals surface area contributed by atoms with Crippen molar-refractivity contribution in [3.05, 3.63) is 77.7 Å². The van der Waals surface area contributed by atoms with Crippen molar-refractivity contribution in [1.82, 2.24) is 4.90 Å². The quantitative estimate of drug-likeness (QED) is 0.448. The van der Waals surface area contributed by atoms with Gasteiger partial charge in [-0.05, 0) is 66.1 Å². The van der Waals surface area contributed by atoms with Crippen LogP contribution in [0, 0.1) is 5.92 Å². The van der Waals surface area contributed by atoms with Crippen LogP contribution in [-0.4, -0.2) is 37.9 Å². The monoisotopic (exact) mass is 463 g/mol. The summed E-state index contributed by atoms with van der Waals surface area (Å²) >= 11 is 0. The highest BCUT2D eigenvalue weighted by atomic mass is 16.5. The number of furan rings is 1. The van der Waals surface area contributed by atoms with Crippen LogP contribution in [0.25, 0.3) is 0 Å². The first kappa shape index (κ1) is 24.9. The molecule has 1 heterocycles. The van der Waals surface area contributed by atoms with Gasteiger partial charge in [0.15, 0.2) is 0 Å². The Morgan fingerprint density at radius 3 is 2.35 bits per heavy atom. The van der Waals surface area contributed by atoms with Crippen molar-refractivity contribution in [3.63, 3.8) is 0 Å². The number of benzene rings is 2. The highest BCUT2D eigenvalue weighted by Gasteiger charge is 2.20. The zero-order chi connectivity index (χ0) is 24.7. The highest BCUT2D eigenvalue weighted by Crippen LogP contribution is 2.26. The number of carbonyl (C=O) groups excluding carboxylic acids is 2. The molecular weight excluding hydrogens is 430 g/mol. The summed E-state index contributed by atoms with van der Waals surface area (Å²) in [5, 5.41) is 2.98. The lowest BCUT2D eigenvalue weighted by Crippen LogP contribution is -2.30. The Kier molecular flexibility index (Phi) is 8.35. The van der Waals surface area contributed by atoms with Gasteiger partial charge in [0.05, 0.1) is 19.9 Å². The SMILES string of the molecule is COc1ccc(C(=O)N(Cc2ccco2)Cc2cc(NC(=O)CC(C)C)ccc2N(C)C)cc1. The van der Waals surface area contributed by atoms with Crippen molar-refractivity contribution >= 4 is 23.2 Å². The van der Waals surface area contributed by atoms with Crippen LogP contribution in [0.5, 0.6) is 5.75 Å². The fraction of sp³-hybridized carbons (Fsp3) is 0.333. The second-order valence-electron chi connectivity index (χ2n) is 8.85. The van der Waals surface area contributed by atoms with Crippen molar-refractivity contribution in [2.45, 2.75) is 33.4 Å². The van der Waals surface area contributed by atoms with Crippen molar-refractivity contribution in [2.75, 3.05) is 31.4 Å². The van der Waals surface area contributed by atoms with Gasteiger partial charge in [-0.1, -0.05) is 13.8 Å². The smallest absolute Gasteiger partial charge is 0.254 e. The maximum Gasteiger partial charge on any atom is 0.254 e. The van der Waals surface area contributed by atoms with Crippen LogP contribution in [-0.2, 0) is 17.9 Å². The summed E-state index contributed by atoms with van der Waals surface area (Å²) in [4.78, 5) is 29.6. The van der Waals surface area contributed by atoms with Crippen LogP contribution >= 0.6 is 0 Å². The number of ether oxygens (including phenoxy) is 1. The van der Waals surface area contributed by atoms with Gasteiger partial charge in [-0.3, -0.25) is 9.59 Å². The van der Waals surface area contributed by atoms with Crippen LogP contribution < -0.4 is 15.0 Å². The van der Waals surface area contributed by atoms with Crippen molar-refractivity contribution in [2.24, 2.45) is 5.92 Å². The predicted octanol–water partition coefficient (Wildman–Crippen LogP) is 5.18. The van der Waals surface area contributed by atoms with E-state index in [-0.39, 0.29) is 17.7 Å². The summed E-state index contributed by atoms with van der Waals surface area (Å²) in [6, 6.07) is 16.5. The molecule has 0 aliphatic carbocycles. The first-order valence-corrected chi connectivity index (χ1v) is 11.3. The summed E-state index contributed by atoms with van der Waals surface area (Å²) in [7, 11) is 5.51. The van der Waals surface area contributed by atoms with Gasteiger partial charge in [-0.15, -0.1) is 0 Å². The average Bonchev–Trinajstić information content (AvgIpc) is 3.31. The molecule has 7 nitrogen and oxygen atoms in total. The molecule has 7 heteroatoms. The third kappa shape index (κ3) is 6.63. The Labute approximate surface area is 201 Å². The van der Waals surface area contributed by atoms with Gasteiger partial charge in [0.25, 0.3) is 5.91 Å². The molecule has 0 bridgehead atoms. The van der Waals surface area contributed by atoms with E-state index >= 15 is 0 Å². The summed E-state index contributed by atoms with van der Waals surface area (Å²) in [6.07, 6.45) is 2.05. The minimum atomic E-state index is -0.127. The Bertz CT molecular complexity index is 1090. The van der Waals surface area contributed by atoms with Crippen LogP contribution in [0.3, 0.4) is 0 Å². The van der Waals surface area contributed by atoms with E-state index in [9.17, 15) is 9.59 Å². The van der Waals surface area contributed by atoms with Gasteiger partial charge in [-0.25, -0.2) is 0 Å². The molecule has 0 unspecified atom stereocenters. The molecule has 0 atom stereocenters. The second kappa shape index (κ2) is 11.4. The number of nitrogens with one attached hydrogen (secondary N) is 1. The minimum absolute atomic E-state index is 0.0275. The Hall–Kier alpha value is -3.74. The number of hydrogen-bond donors (Lipinski definition) is 1. The summed E-state index contributed by atoms with van der Waals surface area (Å²) in [5.74, 6) is 1.49. The number of rotatable bonds is 10.